The van der Waals surface area contributed by atoms with Gasteiger partial charge in [0.25, 0.3) is 0 Å². The maximum Gasteiger partial charge on any atom is 0.0689 e. The zero-order valence-electron chi connectivity index (χ0n) is 17.7. The van der Waals surface area contributed by atoms with Crippen molar-refractivity contribution in [3.05, 3.63) is 35.4 Å². The number of benzene rings is 1. The molecule has 1 aromatic rings. The molecule has 0 atom stereocenters. The van der Waals surface area contributed by atoms with Crippen molar-refractivity contribution in [1.29, 1.82) is 5.26 Å². The molecule has 0 aromatic heterocycles. The van der Waals surface area contributed by atoms with Crippen molar-refractivity contribution in [2.24, 2.45) is 11.3 Å². The minimum atomic E-state index is -0.0242. The Labute approximate surface area is 167 Å². The van der Waals surface area contributed by atoms with Crippen LogP contribution in [0.5, 0.6) is 0 Å². The van der Waals surface area contributed by atoms with E-state index in [-0.39, 0.29) is 5.41 Å². The van der Waals surface area contributed by atoms with Gasteiger partial charge in [0, 0.05) is 0 Å². The van der Waals surface area contributed by atoms with Gasteiger partial charge in [-0.1, -0.05) is 63.8 Å². The lowest BCUT2D eigenvalue weighted by molar-refractivity contribution is 0.224. The van der Waals surface area contributed by atoms with Crippen LogP contribution in [0.4, 0.5) is 0 Å². The highest BCUT2D eigenvalue weighted by Gasteiger charge is 2.35. The van der Waals surface area contributed by atoms with Gasteiger partial charge in [-0.2, -0.15) is 5.26 Å². The van der Waals surface area contributed by atoms with Crippen LogP contribution in [0.15, 0.2) is 24.3 Å². The minimum Gasteiger partial charge on any atom is -0.198 e. The summed E-state index contributed by atoms with van der Waals surface area (Å²) < 4.78 is 0. The molecule has 1 heteroatoms. The van der Waals surface area contributed by atoms with E-state index in [1.165, 1.54) is 69.8 Å². The first-order chi connectivity index (χ1) is 13.2. The van der Waals surface area contributed by atoms with Gasteiger partial charge in [-0.15, -0.1) is 0 Å². The van der Waals surface area contributed by atoms with Gasteiger partial charge in [0.2, 0.25) is 0 Å². The van der Waals surface area contributed by atoms with E-state index < -0.39 is 0 Å². The third-order valence-electron chi connectivity index (χ3n) is 7.61. The molecule has 2 aliphatic carbocycles. The fourth-order valence-corrected chi connectivity index (χ4v) is 5.67. The predicted molar refractivity (Wildman–Crippen MR) is 115 cm³/mol. The number of rotatable bonds is 7. The minimum absolute atomic E-state index is 0.0242. The van der Waals surface area contributed by atoms with Gasteiger partial charge >= 0.3 is 0 Å². The third-order valence-corrected chi connectivity index (χ3v) is 7.61. The van der Waals surface area contributed by atoms with Gasteiger partial charge < -0.3 is 0 Å². The first-order valence-corrected chi connectivity index (χ1v) is 11.7. The average Bonchev–Trinajstić information content (AvgIpc) is 2.74. The summed E-state index contributed by atoms with van der Waals surface area (Å²) in [4.78, 5) is 0. The van der Waals surface area contributed by atoms with E-state index in [2.05, 4.69) is 44.2 Å². The van der Waals surface area contributed by atoms with Crippen molar-refractivity contribution in [2.75, 3.05) is 0 Å². The Morgan fingerprint density at radius 2 is 1.41 bits per heavy atom. The summed E-state index contributed by atoms with van der Waals surface area (Å²) in [6.45, 7) is 4.55. The molecule has 1 nitrogen and oxygen atoms in total. The van der Waals surface area contributed by atoms with Crippen LogP contribution in [0.2, 0.25) is 0 Å². The summed E-state index contributed by atoms with van der Waals surface area (Å²) >= 11 is 0. The summed E-state index contributed by atoms with van der Waals surface area (Å²) in [7, 11) is 0. The monoisotopic (exact) mass is 365 g/mol. The Kier molecular flexibility index (Phi) is 7.40. The van der Waals surface area contributed by atoms with Crippen LogP contribution in [0, 0.1) is 22.7 Å². The molecular formula is C26H39N. The average molecular weight is 366 g/mol. The molecule has 148 valence electrons. The first kappa shape index (κ1) is 20.4. The van der Waals surface area contributed by atoms with Gasteiger partial charge in [0.15, 0.2) is 0 Å². The zero-order chi connectivity index (χ0) is 19.1. The van der Waals surface area contributed by atoms with Gasteiger partial charge in [-0.05, 0) is 86.7 Å². The third kappa shape index (κ3) is 5.16. The highest BCUT2D eigenvalue weighted by atomic mass is 14.4. The lowest BCUT2D eigenvalue weighted by atomic mass is 9.67. The second-order valence-electron chi connectivity index (χ2n) is 9.44. The summed E-state index contributed by atoms with van der Waals surface area (Å²) in [5, 5.41) is 9.71. The summed E-state index contributed by atoms with van der Waals surface area (Å²) in [6, 6.07) is 12.3. The van der Waals surface area contributed by atoms with Gasteiger partial charge in [-0.25, -0.2) is 0 Å². The normalized spacial score (nSPS) is 31.4. The Balaban J connectivity index is 1.53. The molecule has 0 radical (unpaired) electrons. The highest BCUT2D eigenvalue weighted by Crippen LogP contribution is 2.46. The molecule has 1 aromatic carbocycles. The molecule has 2 fully saturated rings. The number of hydrogen-bond donors (Lipinski definition) is 0. The Bertz CT molecular complexity index is 592. The van der Waals surface area contributed by atoms with E-state index in [1.54, 1.807) is 5.56 Å². The van der Waals surface area contributed by atoms with Gasteiger partial charge in [0.1, 0.15) is 0 Å². The van der Waals surface area contributed by atoms with Crippen molar-refractivity contribution in [3.8, 4) is 6.07 Å². The lowest BCUT2D eigenvalue weighted by Gasteiger charge is -2.35. The molecule has 0 bridgehead atoms. The maximum atomic E-state index is 9.71. The smallest absolute Gasteiger partial charge is 0.0689 e. The Hall–Kier alpha value is -1.29. The molecule has 0 aliphatic heterocycles. The Morgan fingerprint density at radius 3 is 1.89 bits per heavy atom. The van der Waals surface area contributed by atoms with E-state index in [9.17, 15) is 5.26 Å². The second-order valence-corrected chi connectivity index (χ2v) is 9.44. The number of hydrogen-bond acceptors (Lipinski definition) is 1. The van der Waals surface area contributed by atoms with E-state index in [0.29, 0.717) is 5.92 Å². The molecule has 3 rings (SSSR count). The van der Waals surface area contributed by atoms with Crippen LogP contribution >= 0.6 is 0 Å². The van der Waals surface area contributed by atoms with Gasteiger partial charge in [0.05, 0.1) is 11.5 Å². The van der Waals surface area contributed by atoms with Crippen LogP contribution in [-0.4, -0.2) is 0 Å². The molecule has 0 N–H and O–H groups in total. The number of nitrogens with zero attached hydrogens (tertiary/aromatic N) is 1. The summed E-state index contributed by atoms with van der Waals surface area (Å²) in [6.07, 6.45) is 16.5. The lowest BCUT2D eigenvalue weighted by Crippen LogP contribution is -2.25. The summed E-state index contributed by atoms with van der Waals surface area (Å²) in [5.41, 5.74) is 3.06. The van der Waals surface area contributed by atoms with Gasteiger partial charge in [-0.3, -0.25) is 0 Å². The van der Waals surface area contributed by atoms with E-state index in [1.807, 2.05) is 0 Å². The SMILES string of the molecule is CCCC[C@]1(C#N)CC[C@H](c2ccc([C@H]3CC[C@H](CCC)CC3)cc2)CC1. The highest BCUT2D eigenvalue weighted by molar-refractivity contribution is 5.29. The largest absolute Gasteiger partial charge is 0.198 e. The molecule has 27 heavy (non-hydrogen) atoms. The van der Waals surface area contributed by atoms with Crippen molar-refractivity contribution in [2.45, 2.75) is 109 Å². The standard InChI is InChI=1S/C26H39N/c1-3-5-17-26(20-27)18-15-25(16-19-26)24-13-11-23(12-14-24)22-9-7-21(6-4-2)8-10-22/h11-14,21-22,25H,3-10,15-19H2,1-2H3/t21-,22-,25-,26-. The van der Waals surface area contributed by atoms with Crippen molar-refractivity contribution >= 4 is 0 Å². The van der Waals surface area contributed by atoms with Crippen LogP contribution in [0.25, 0.3) is 0 Å². The predicted octanol–water partition coefficient (Wildman–Crippen LogP) is 8.12. The Morgan fingerprint density at radius 1 is 0.852 bits per heavy atom. The van der Waals surface area contributed by atoms with E-state index in [0.717, 1.165) is 31.1 Å². The van der Waals surface area contributed by atoms with Crippen LogP contribution < -0.4 is 0 Å². The van der Waals surface area contributed by atoms with E-state index in [4.69, 9.17) is 0 Å². The molecule has 2 saturated carbocycles. The molecule has 2 aliphatic rings. The first-order valence-electron chi connectivity index (χ1n) is 11.7. The topological polar surface area (TPSA) is 23.8 Å². The quantitative estimate of drug-likeness (QED) is 0.478. The molecular weight excluding hydrogens is 326 g/mol. The molecule has 0 spiro atoms. The number of unbranched alkanes of at least 4 members (excludes halogenated alkanes) is 1. The zero-order valence-corrected chi connectivity index (χ0v) is 17.7. The molecule has 0 heterocycles. The second kappa shape index (κ2) is 9.77. The maximum absolute atomic E-state index is 9.71. The molecule has 0 unspecified atom stereocenters. The summed E-state index contributed by atoms with van der Waals surface area (Å²) in [5.74, 6) is 2.45. The van der Waals surface area contributed by atoms with Crippen molar-refractivity contribution in [1.82, 2.24) is 0 Å². The van der Waals surface area contributed by atoms with Crippen LogP contribution in [0.3, 0.4) is 0 Å². The van der Waals surface area contributed by atoms with Crippen molar-refractivity contribution in [3.63, 3.8) is 0 Å². The van der Waals surface area contributed by atoms with Crippen molar-refractivity contribution < 1.29 is 0 Å². The number of nitriles is 1. The fourth-order valence-electron chi connectivity index (χ4n) is 5.67. The fraction of sp³-hybridized carbons (Fsp3) is 0.731. The van der Waals surface area contributed by atoms with E-state index >= 15 is 0 Å². The van der Waals surface area contributed by atoms with Crippen LogP contribution in [-0.2, 0) is 0 Å². The molecule has 0 amide bonds. The van der Waals surface area contributed by atoms with Crippen LogP contribution in [0.1, 0.15) is 120 Å². The molecule has 0 saturated heterocycles.